The van der Waals surface area contributed by atoms with E-state index in [0.29, 0.717) is 24.3 Å². The van der Waals surface area contributed by atoms with Crippen LogP contribution in [0.1, 0.15) is 53.3 Å². The summed E-state index contributed by atoms with van der Waals surface area (Å²) in [5.74, 6) is -3.01. The first-order valence-corrected chi connectivity index (χ1v) is 15.6. The van der Waals surface area contributed by atoms with Crippen LogP contribution in [0.4, 0.5) is 37.8 Å². The van der Waals surface area contributed by atoms with Crippen molar-refractivity contribution in [2.24, 2.45) is 0 Å². The van der Waals surface area contributed by atoms with Crippen molar-refractivity contribution < 1.29 is 40.6 Å². The number of aryl methyl sites for hydroxylation is 1. The second-order valence-corrected chi connectivity index (χ2v) is 12.8. The predicted molar refractivity (Wildman–Crippen MR) is 162 cm³/mol. The van der Waals surface area contributed by atoms with Crippen molar-refractivity contribution in [2.75, 3.05) is 56.5 Å². The van der Waals surface area contributed by atoms with Gasteiger partial charge in [-0.1, -0.05) is 6.58 Å². The Morgan fingerprint density at radius 2 is 2.04 bits per heavy atom. The van der Waals surface area contributed by atoms with Crippen LogP contribution in [0.2, 0.25) is 0 Å². The lowest BCUT2D eigenvalue weighted by atomic mass is 9.91. The second kappa shape index (κ2) is 12.7. The van der Waals surface area contributed by atoms with Crippen LogP contribution in [0.15, 0.2) is 18.5 Å². The molecular weight excluding hydrogens is 644 g/mol. The third-order valence-electron chi connectivity index (χ3n) is 9.80. The molecule has 4 aliphatic heterocycles. The average Bonchev–Trinajstić information content (AvgIpc) is 3.55. The maximum absolute atomic E-state index is 15.4. The zero-order valence-corrected chi connectivity index (χ0v) is 26.3. The SMILES string of the molecule is [C-]#[N+]C[C@H]1CN(c2nc(OC[C@@]34CCCN3C[C@H](F)C4)nc3c2CO[C@@H](c2c(F)c(N)cc(C)c2C(F)(F)F)C3)CCN1C(=O)C(=C)F. The molecule has 0 saturated carbocycles. The van der Waals surface area contributed by atoms with Gasteiger partial charge in [-0.3, -0.25) is 9.69 Å². The lowest BCUT2D eigenvalue weighted by Crippen LogP contribution is -2.57. The maximum Gasteiger partial charge on any atom is 0.417 e. The molecule has 0 radical (unpaired) electrons. The summed E-state index contributed by atoms with van der Waals surface area (Å²) in [7, 11) is 0. The van der Waals surface area contributed by atoms with Gasteiger partial charge in [0.2, 0.25) is 6.54 Å². The molecule has 6 rings (SSSR count). The Hall–Kier alpha value is -4.10. The number of aromatic nitrogens is 2. The number of hydrogen-bond donors (Lipinski definition) is 1. The van der Waals surface area contributed by atoms with Gasteiger partial charge in [0.05, 0.1) is 35.2 Å². The van der Waals surface area contributed by atoms with Crippen molar-refractivity contribution in [1.29, 1.82) is 0 Å². The monoisotopic (exact) mass is 679 g/mol. The van der Waals surface area contributed by atoms with Crippen molar-refractivity contribution in [3.8, 4) is 6.01 Å². The molecule has 48 heavy (non-hydrogen) atoms. The van der Waals surface area contributed by atoms with Crippen LogP contribution in [0.3, 0.4) is 0 Å². The highest BCUT2D eigenvalue weighted by Crippen LogP contribution is 2.45. The molecule has 0 bridgehead atoms. The van der Waals surface area contributed by atoms with E-state index in [-0.39, 0.29) is 69.5 Å². The molecule has 0 aliphatic carbocycles. The third kappa shape index (κ3) is 6.13. The summed E-state index contributed by atoms with van der Waals surface area (Å²) >= 11 is 0. The fraction of sp³-hybridized carbons (Fsp3) is 0.562. The molecule has 5 heterocycles. The zero-order valence-electron chi connectivity index (χ0n) is 26.3. The minimum Gasteiger partial charge on any atom is -0.461 e. The quantitative estimate of drug-likeness (QED) is 0.195. The van der Waals surface area contributed by atoms with E-state index in [9.17, 15) is 26.7 Å². The fourth-order valence-corrected chi connectivity index (χ4v) is 7.65. The van der Waals surface area contributed by atoms with E-state index in [4.69, 9.17) is 21.8 Å². The van der Waals surface area contributed by atoms with E-state index in [2.05, 4.69) is 21.4 Å². The van der Waals surface area contributed by atoms with Gasteiger partial charge in [-0.2, -0.15) is 23.1 Å². The number of alkyl halides is 4. The number of nitrogen functional groups attached to an aromatic ring is 1. The molecule has 1 aromatic heterocycles. The summed E-state index contributed by atoms with van der Waals surface area (Å²) < 4.78 is 98.4. The number of ether oxygens (including phenoxy) is 2. The zero-order chi connectivity index (χ0) is 34.5. The highest BCUT2D eigenvalue weighted by molar-refractivity contribution is 5.91. The Kier molecular flexibility index (Phi) is 8.97. The summed E-state index contributed by atoms with van der Waals surface area (Å²) in [6.45, 7) is 12.6. The number of anilines is 2. The van der Waals surface area contributed by atoms with E-state index in [1.54, 1.807) is 4.90 Å². The van der Waals surface area contributed by atoms with Gasteiger partial charge in [-0.25, -0.2) is 19.7 Å². The number of carbonyl (C=O) groups excluding carboxylic acids is 1. The fourth-order valence-electron chi connectivity index (χ4n) is 7.65. The molecule has 1 aromatic carbocycles. The van der Waals surface area contributed by atoms with Gasteiger partial charge in [0.25, 0.3) is 5.91 Å². The van der Waals surface area contributed by atoms with Crippen LogP contribution in [0.25, 0.3) is 4.85 Å². The molecule has 0 spiro atoms. The first kappa shape index (κ1) is 33.8. The third-order valence-corrected chi connectivity index (χ3v) is 9.80. The van der Waals surface area contributed by atoms with Crippen LogP contribution < -0.4 is 15.4 Å². The standard InChI is InChI=1S/C32H35F6N7O3/c1-17-9-22(39)27(35)25(26(17)32(36,37)38)24-10-23-21(15-47-24)28(43-7-8-45(29(46)18(2)33)20(14-43)12-40-3)42-30(41-23)48-16-31-5-4-6-44(31)13-19(34)11-31/h9,19-20,24H,2,4-8,10-16,39H2,1H3/t19-,20+,24-,31+/m1/s1. The van der Waals surface area contributed by atoms with Crippen molar-refractivity contribution in [1.82, 2.24) is 19.8 Å². The summed E-state index contributed by atoms with van der Waals surface area (Å²) in [5, 5.41) is 0. The minimum atomic E-state index is -4.90. The van der Waals surface area contributed by atoms with Gasteiger partial charge in [-0.05, 0) is 37.9 Å². The Bertz CT molecular complexity index is 1670. The van der Waals surface area contributed by atoms with Gasteiger partial charge in [-0.15, -0.1) is 0 Å². The number of halogens is 6. The second-order valence-electron chi connectivity index (χ2n) is 12.8. The van der Waals surface area contributed by atoms with E-state index in [1.165, 1.54) is 11.8 Å². The van der Waals surface area contributed by atoms with Crippen molar-refractivity contribution in [3.05, 3.63) is 63.7 Å². The predicted octanol–water partition coefficient (Wildman–Crippen LogP) is 4.71. The lowest BCUT2D eigenvalue weighted by Gasteiger charge is -2.41. The molecule has 2 aromatic rings. The molecule has 258 valence electrons. The normalized spacial score (nSPS) is 25.8. The van der Waals surface area contributed by atoms with E-state index in [0.717, 1.165) is 19.0 Å². The number of carbonyl (C=O) groups is 1. The van der Waals surface area contributed by atoms with Crippen LogP contribution in [-0.2, 0) is 28.7 Å². The maximum atomic E-state index is 15.4. The van der Waals surface area contributed by atoms with E-state index < -0.39 is 64.4 Å². The number of rotatable bonds is 7. The van der Waals surface area contributed by atoms with Crippen LogP contribution >= 0.6 is 0 Å². The van der Waals surface area contributed by atoms with E-state index >= 15 is 4.39 Å². The number of fused-ring (bicyclic) bond motifs is 2. The molecule has 4 aliphatic rings. The number of piperazine rings is 1. The molecule has 16 heteroatoms. The molecule has 3 saturated heterocycles. The molecule has 10 nitrogen and oxygen atoms in total. The van der Waals surface area contributed by atoms with Crippen molar-refractivity contribution >= 4 is 17.4 Å². The number of hydrogen-bond acceptors (Lipinski definition) is 8. The molecule has 2 N–H and O–H groups in total. The lowest BCUT2D eigenvalue weighted by molar-refractivity contribution is -0.140. The summed E-state index contributed by atoms with van der Waals surface area (Å²) in [6.07, 6.45) is -5.73. The average molecular weight is 680 g/mol. The van der Waals surface area contributed by atoms with Gasteiger partial charge in [0.15, 0.2) is 11.6 Å². The Morgan fingerprint density at radius 3 is 2.75 bits per heavy atom. The molecular formula is C32H35F6N7O3. The van der Waals surface area contributed by atoms with Gasteiger partial charge < -0.3 is 29.9 Å². The number of amides is 1. The van der Waals surface area contributed by atoms with Crippen molar-refractivity contribution in [3.63, 3.8) is 0 Å². The van der Waals surface area contributed by atoms with Crippen LogP contribution in [0, 0.1) is 19.3 Å². The van der Waals surface area contributed by atoms with Crippen LogP contribution in [0.5, 0.6) is 6.01 Å². The smallest absolute Gasteiger partial charge is 0.417 e. The van der Waals surface area contributed by atoms with Gasteiger partial charge >= 0.3 is 12.2 Å². The van der Waals surface area contributed by atoms with E-state index in [1.807, 2.05) is 4.90 Å². The molecule has 1 amide bonds. The first-order chi connectivity index (χ1) is 22.7. The molecule has 4 atom stereocenters. The minimum absolute atomic E-state index is 0.0269. The Balaban J connectivity index is 1.38. The number of benzene rings is 1. The first-order valence-electron chi connectivity index (χ1n) is 15.6. The molecule has 0 unspecified atom stereocenters. The van der Waals surface area contributed by atoms with Crippen LogP contribution in [-0.4, -0.2) is 89.3 Å². The van der Waals surface area contributed by atoms with Gasteiger partial charge in [0, 0.05) is 50.1 Å². The topological polar surface area (TPSA) is 101 Å². The number of nitrogens with zero attached hydrogens (tertiary/aromatic N) is 6. The molecule has 3 fully saturated rings. The summed E-state index contributed by atoms with van der Waals surface area (Å²) in [6, 6.07) is 0.0995. The Labute approximate surface area is 273 Å². The van der Waals surface area contributed by atoms with Crippen molar-refractivity contribution in [2.45, 2.75) is 69.2 Å². The summed E-state index contributed by atoms with van der Waals surface area (Å²) in [4.78, 5) is 30.2. The number of nitrogens with two attached hydrogens (primary N) is 1. The highest BCUT2D eigenvalue weighted by atomic mass is 19.4. The van der Waals surface area contributed by atoms with Gasteiger partial charge in [0.1, 0.15) is 24.6 Å². The summed E-state index contributed by atoms with van der Waals surface area (Å²) in [5.41, 5.74) is 3.29. The Morgan fingerprint density at radius 1 is 1.27 bits per heavy atom. The highest BCUT2D eigenvalue weighted by Gasteiger charge is 2.50. The largest absolute Gasteiger partial charge is 0.461 e.